The van der Waals surface area contributed by atoms with Gasteiger partial charge in [-0.1, -0.05) is 0 Å². The molecule has 2 rings (SSSR count). The van der Waals surface area contributed by atoms with Crippen molar-refractivity contribution < 1.29 is 9.84 Å². The van der Waals surface area contributed by atoms with Crippen molar-refractivity contribution in [2.24, 2.45) is 5.84 Å². The van der Waals surface area contributed by atoms with Crippen LogP contribution in [-0.4, -0.2) is 47.5 Å². The third-order valence-electron chi connectivity index (χ3n) is 2.47. The number of aromatic nitrogens is 2. The minimum absolute atomic E-state index is 0.0174. The van der Waals surface area contributed by atoms with Crippen LogP contribution >= 0.6 is 0 Å². The van der Waals surface area contributed by atoms with Gasteiger partial charge in [-0.2, -0.15) is 0 Å². The molecule has 1 aliphatic heterocycles. The number of anilines is 2. The number of hydrogen-bond donors (Lipinski definition) is 3. The lowest BCUT2D eigenvalue weighted by Gasteiger charge is -2.32. The zero-order chi connectivity index (χ0) is 11.4. The number of hydrogen-bond acceptors (Lipinski definition) is 7. The number of aliphatic hydroxyl groups is 1. The Kier molecular flexibility index (Phi) is 3.50. The molecule has 1 atom stereocenters. The molecule has 1 fully saturated rings. The van der Waals surface area contributed by atoms with Crippen LogP contribution in [0.5, 0.6) is 0 Å². The van der Waals surface area contributed by atoms with E-state index in [4.69, 9.17) is 15.7 Å². The Morgan fingerprint density at radius 3 is 3.25 bits per heavy atom. The van der Waals surface area contributed by atoms with Crippen molar-refractivity contribution >= 4 is 11.6 Å². The van der Waals surface area contributed by atoms with E-state index in [1.54, 1.807) is 6.07 Å². The standard InChI is InChI=1S/C9H15N5O2/c10-13-8-3-9(12-6-11-8)14-1-2-16-7(4-14)5-15/h3,6-7,15H,1-2,4-5,10H2,(H,11,12,13). The summed E-state index contributed by atoms with van der Waals surface area (Å²) < 4.78 is 5.36. The number of rotatable bonds is 3. The minimum Gasteiger partial charge on any atom is -0.394 e. The highest BCUT2D eigenvalue weighted by molar-refractivity contribution is 5.48. The molecular weight excluding hydrogens is 210 g/mol. The molecule has 7 nitrogen and oxygen atoms in total. The van der Waals surface area contributed by atoms with Crippen molar-refractivity contribution in [3.63, 3.8) is 0 Å². The van der Waals surface area contributed by atoms with Gasteiger partial charge in [0.15, 0.2) is 0 Å². The number of nitrogens with zero attached hydrogens (tertiary/aromatic N) is 3. The molecule has 1 aromatic rings. The average molecular weight is 225 g/mol. The fourth-order valence-corrected chi connectivity index (χ4v) is 1.64. The smallest absolute Gasteiger partial charge is 0.145 e. The topological polar surface area (TPSA) is 96.5 Å². The Balaban J connectivity index is 2.10. The van der Waals surface area contributed by atoms with E-state index >= 15 is 0 Å². The van der Waals surface area contributed by atoms with Crippen LogP contribution in [-0.2, 0) is 4.74 Å². The largest absolute Gasteiger partial charge is 0.394 e. The van der Waals surface area contributed by atoms with E-state index in [-0.39, 0.29) is 12.7 Å². The van der Waals surface area contributed by atoms with Crippen LogP contribution in [0.1, 0.15) is 0 Å². The molecule has 0 aromatic carbocycles. The molecule has 0 amide bonds. The van der Waals surface area contributed by atoms with Crippen LogP contribution in [0.3, 0.4) is 0 Å². The molecule has 0 saturated carbocycles. The van der Waals surface area contributed by atoms with Crippen LogP contribution in [0, 0.1) is 0 Å². The molecule has 16 heavy (non-hydrogen) atoms. The lowest BCUT2D eigenvalue weighted by Crippen LogP contribution is -2.44. The first-order chi connectivity index (χ1) is 7.83. The zero-order valence-electron chi connectivity index (χ0n) is 8.83. The molecule has 0 spiro atoms. The molecule has 7 heteroatoms. The Hall–Kier alpha value is -1.44. The van der Waals surface area contributed by atoms with Gasteiger partial charge in [-0.15, -0.1) is 0 Å². The monoisotopic (exact) mass is 225 g/mol. The number of aliphatic hydroxyl groups excluding tert-OH is 1. The van der Waals surface area contributed by atoms with Crippen LogP contribution < -0.4 is 16.2 Å². The molecule has 0 aliphatic carbocycles. The number of hydrazine groups is 1. The van der Waals surface area contributed by atoms with E-state index < -0.39 is 0 Å². The van der Waals surface area contributed by atoms with E-state index in [1.165, 1.54) is 6.33 Å². The van der Waals surface area contributed by atoms with E-state index in [0.717, 1.165) is 12.4 Å². The highest BCUT2D eigenvalue weighted by Crippen LogP contribution is 2.16. The summed E-state index contributed by atoms with van der Waals surface area (Å²) in [5.41, 5.74) is 2.47. The van der Waals surface area contributed by atoms with Crippen molar-refractivity contribution in [3.8, 4) is 0 Å². The highest BCUT2D eigenvalue weighted by Gasteiger charge is 2.20. The molecule has 1 aliphatic rings. The quantitative estimate of drug-likeness (QED) is 0.446. The average Bonchev–Trinajstić information content (AvgIpc) is 2.39. The Morgan fingerprint density at radius 2 is 2.50 bits per heavy atom. The van der Waals surface area contributed by atoms with Crippen LogP contribution in [0.15, 0.2) is 12.4 Å². The van der Waals surface area contributed by atoms with E-state index in [1.807, 2.05) is 4.90 Å². The fraction of sp³-hybridized carbons (Fsp3) is 0.556. The lowest BCUT2D eigenvalue weighted by molar-refractivity contribution is 0.00336. The third-order valence-corrected chi connectivity index (χ3v) is 2.47. The molecule has 88 valence electrons. The highest BCUT2D eigenvalue weighted by atomic mass is 16.5. The maximum atomic E-state index is 9.04. The Morgan fingerprint density at radius 1 is 1.62 bits per heavy atom. The van der Waals surface area contributed by atoms with Gasteiger partial charge in [0.1, 0.15) is 18.0 Å². The summed E-state index contributed by atoms with van der Waals surface area (Å²) in [5, 5.41) is 9.04. The molecule has 0 radical (unpaired) electrons. The van der Waals surface area contributed by atoms with Crippen molar-refractivity contribution in [1.29, 1.82) is 0 Å². The van der Waals surface area contributed by atoms with Crippen molar-refractivity contribution in [2.75, 3.05) is 36.6 Å². The molecule has 1 unspecified atom stereocenters. The SMILES string of the molecule is NNc1cc(N2CCOC(CO)C2)ncn1. The first-order valence-electron chi connectivity index (χ1n) is 5.09. The number of nitrogens with one attached hydrogen (secondary N) is 1. The van der Waals surface area contributed by atoms with E-state index in [0.29, 0.717) is 19.0 Å². The van der Waals surface area contributed by atoms with Crippen molar-refractivity contribution in [3.05, 3.63) is 12.4 Å². The van der Waals surface area contributed by atoms with E-state index in [9.17, 15) is 0 Å². The first kappa shape index (κ1) is 11.1. The summed E-state index contributed by atoms with van der Waals surface area (Å²) >= 11 is 0. The maximum absolute atomic E-state index is 9.04. The second-order valence-corrected chi connectivity index (χ2v) is 3.53. The van der Waals surface area contributed by atoms with E-state index in [2.05, 4.69) is 15.4 Å². The first-order valence-corrected chi connectivity index (χ1v) is 5.09. The number of morpholine rings is 1. The Labute approximate surface area is 93.2 Å². The molecule has 4 N–H and O–H groups in total. The molecule has 1 saturated heterocycles. The summed E-state index contributed by atoms with van der Waals surface area (Å²) in [5.74, 6) is 6.63. The number of nitrogen functional groups attached to an aromatic ring is 1. The van der Waals surface area contributed by atoms with Gasteiger partial charge < -0.3 is 20.2 Å². The maximum Gasteiger partial charge on any atom is 0.145 e. The van der Waals surface area contributed by atoms with Crippen LogP contribution in [0.4, 0.5) is 11.6 Å². The van der Waals surface area contributed by atoms with Crippen LogP contribution in [0.2, 0.25) is 0 Å². The fourth-order valence-electron chi connectivity index (χ4n) is 1.64. The van der Waals surface area contributed by atoms with Gasteiger partial charge >= 0.3 is 0 Å². The van der Waals surface area contributed by atoms with Gasteiger partial charge in [0.2, 0.25) is 0 Å². The van der Waals surface area contributed by atoms with Crippen LogP contribution in [0.25, 0.3) is 0 Å². The second kappa shape index (κ2) is 5.06. The summed E-state index contributed by atoms with van der Waals surface area (Å²) in [6.07, 6.45) is 1.30. The van der Waals surface area contributed by atoms with Gasteiger partial charge in [-0.05, 0) is 0 Å². The van der Waals surface area contributed by atoms with Gasteiger partial charge in [0, 0.05) is 19.2 Å². The normalized spacial score (nSPS) is 20.9. The number of nitrogens with two attached hydrogens (primary N) is 1. The predicted molar refractivity (Wildman–Crippen MR) is 58.9 cm³/mol. The molecule has 2 heterocycles. The molecule has 0 bridgehead atoms. The molecule has 1 aromatic heterocycles. The molecular formula is C9H15N5O2. The third kappa shape index (κ3) is 2.38. The zero-order valence-corrected chi connectivity index (χ0v) is 8.83. The summed E-state index contributed by atoms with van der Waals surface area (Å²) in [6, 6.07) is 1.76. The summed E-state index contributed by atoms with van der Waals surface area (Å²) in [6.45, 7) is 1.97. The van der Waals surface area contributed by atoms with Gasteiger partial charge in [-0.3, -0.25) is 0 Å². The summed E-state index contributed by atoms with van der Waals surface area (Å²) in [4.78, 5) is 10.1. The predicted octanol–water partition coefficient (Wildman–Crippen LogP) is -1.04. The van der Waals surface area contributed by atoms with Crippen molar-refractivity contribution in [1.82, 2.24) is 9.97 Å². The van der Waals surface area contributed by atoms with Gasteiger partial charge in [0.05, 0.1) is 19.3 Å². The van der Waals surface area contributed by atoms with Gasteiger partial charge in [-0.25, -0.2) is 15.8 Å². The van der Waals surface area contributed by atoms with Gasteiger partial charge in [0.25, 0.3) is 0 Å². The summed E-state index contributed by atoms with van der Waals surface area (Å²) in [7, 11) is 0. The second-order valence-electron chi connectivity index (χ2n) is 3.53. The minimum atomic E-state index is -0.155. The van der Waals surface area contributed by atoms with Crippen molar-refractivity contribution in [2.45, 2.75) is 6.10 Å². The Bertz CT molecular complexity index is 348. The lowest BCUT2D eigenvalue weighted by atomic mass is 10.3. The number of ether oxygens (including phenoxy) is 1.